The Hall–Kier alpha value is -0.120. The highest BCUT2D eigenvalue weighted by molar-refractivity contribution is 4.84. The number of nitrogens with zero attached hydrogens (tertiary/aromatic N) is 2. The topological polar surface area (TPSA) is 18.5 Å². The molecule has 1 heterocycles. The van der Waals surface area contributed by atoms with Crippen LogP contribution in [0.1, 0.15) is 46.5 Å². The van der Waals surface area contributed by atoms with E-state index in [-0.39, 0.29) is 0 Å². The lowest BCUT2D eigenvalue weighted by Crippen LogP contribution is -2.50. The van der Waals surface area contributed by atoms with E-state index in [0.29, 0.717) is 12.1 Å². The number of likely N-dealkylation sites (N-methyl/N-ethyl adjacent to an activating group) is 2. The maximum atomic E-state index is 3.68. The largest absolute Gasteiger partial charge is 0.312 e. The molecule has 0 amide bonds. The van der Waals surface area contributed by atoms with Crippen molar-refractivity contribution in [2.75, 3.05) is 33.7 Å². The highest BCUT2D eigenvalue weighted by atomic mass is 15.2. The van der Waals surface area contributed by atoms with Crippen LogP contribution in [0.4, 0.5) is 0 Å². The Morgan fingerprint density at radius 3 is 2.61 bits per heavy atom. The van der Waals surface area contributed by atoms with Gasteiger partial charge in [-0.15, -0.1) is 0 Å². The number of nitrogens with one attached hydrogen (secondary N) is 1. The van der Waals surface area contributed by atoms with Crippen molar-refractivity contribution in [3.63, 3.8) is 0 Å². The first-order valence-corrected chi connectivity index (χ1v) is 7.74. The van der Waals surface area contributed by atoms with Crippen LogP contribution in [-0.2, 0) is 0 Å². The molecule has 3 heteroatoms. The molecule has 3 nitrogen and oxygen atoms in total. The van der Waals surface area contributed by atoms with E-state index in [4.69, 9.17) is 0 Å². The van der Waals surface area contributed by atoms with Crippen LogP contribution in [0.15, 0.2) is 0 Å². The zero-order valence-corrected chi connectivity index (χ0v) is 13.1. The molecule has 1 aliphatic rings. The zero-order valence-electron chi connectivity index (χ0n) is 13.1. The monoisotopic (exact) mass is 255 g/mol. The Labute approximate surface area is 114 Å². The lowest BCUT2D eigenvalue weighted by Gasteiger charge is -2.35. The van der Waals surface area contributed by atoms with Gasteiger partial charge in [0.05, 0.1) is 0 Å². The second kappa shape index (κ2) is 8.13. The second-order valence-electron chi connectivity index (χ2n) is 5.93. The van der Waals surface area contributed by atoms with Crippen LogP contribution in [0.3, 0.4) is 0 Å². The molecular weight excluding hydrogens is 222 g/mol. The van der Waals surface area contributed by atoms with Gasteiger partial charge in [-0.05, 0) is 59.8 Å². The molecule has 0 aromatic rings. The van der Waals surface area contributed by atoms with Crippen LogP contribution >= 0.6 is 0 Å². The summed E-state index contributed by atoms with van der Waals surface area (Å²) in [7, 11) is 4.55. The Balaban J connectivity index is 2.40. The second-order valence-corrected chi connectivity index (χ2v) is 5.93. The Morgan fingerprint density at radius 1 is 1.39 bits per heavy atom. The summed E-state index contributed by atoms with van der Waals surface area (Å²) in [6.45, 7) is 10.5. The summed E-state index contributed by atoms with van der Waals surface area (Å²) in [4.78, 5) is 5.06. The Kier molecular flexibility index (Phi) is 7.20. The van der Waals surface area contributed by atoms with Gasteiger partial charge in [0.1, 0.15) is 0 Å². The van der Waals surface area contributed by atoms with Crippen LogP contribution in [0.5, 0.6) is 0 Å². The number of hydrogen-bond acceptors (Lipinski definition) is 3. The van der Waals surface area contributed by atoms with E-state index in [1.54, 1.807) is 0 Å². The molecule has 0 bridgehead atoms. The van der Waals surface area contributed by atoms with Gasteiger partial charge in [-0.2, -0.15) is 0 Å². The van der Waals surface area contributed by atoms with Gasteiger partial charge in [-0.3, -0.25) is 0 Å². The quantitative estimate of drug-likeness (QED) is 0.717. The van der Waals surface area contributed by atoms with E-state index in [1.807, 2.05) is 0 Å². The SMILES string of the molecule is CCCNC(CC)C(C)N(C)CC1CCCN1C. The first-order valence-electron chi connectivity index (χ1n) is 7.74. The molecule has 1 saturated heterocycles. The van der Waals surface area contributed by atoms with Gasteiger partial charge < -0.3 is 15.1 Å². The highest BCUT2D eigenvalue weighted by Crippen LogP contribution is 2.17. The average Bonchev–Trinajstić information content (AvgIpc) is 2.75. The van der Waals surface area contributed by atoms with E-state index in [1.165, 1.54) is 38.8 Å². The highest BCUT2D eigenvalue weighted by Gasteiger charge is 2.26. The third kappa shape index (κ3) is 4.52. The lowest BCUT2D eigenvalue weighted by molar-refractivity contribution is 0.156. The minimum absolute atomic E-state index is 0.621. The average molecular weight is 255 g/mol. The van der Waals surface area contributed by atoms with Gasteiger partial charge in [-0.1, -0.05) is 13.8 Å². The molecule has 1 fully saturated rings. The van der Waals surface area contributed by atoms with Gasteiger partial charge in [0, 0.05) is 24.7 Å². The van der Waals surface area contributed by atoms with Crippen molar-refractivity contribution in [3.8, 4) is 0 Å². The van der Waals surface area contributed by atoms with Crippen molar-refractivity contribution in [2.45, 2.75) is 64.6 Å². The molecule has 1 aliphatic heterocycles. The molecule has 1 rings (SSSR count). The number of hydrogen-bond donors (Lipinski definition) is 1. The van der Waals surface area contributed by atoms with Gasteiger partial charge in [0.25, 0.3) is 0 Å². The summed E-state index contributed by atoms with van der Waals surface area (Å²) in [5, 5.41) is 3.68. The fourth-order valence-electron chi connectivity index (χ4n) is 3.00. The molecule has 0 saturated carbocycles. The Bertz CT molecular complexity index is 220. The summed E-state index contributed by atoms with van der Waals surface area (Å²) in [6, 6.07) is 2.01. The molecule has 0 spiro atoms. The van der Waals surface area contributed by atoms with Crippen LogP contribution in [-0.4, -0.2) is 61.7 Å². The van der Waals surface area contributed by atoms with Crippen LogP contribution in [0.25, 0.3) is 0 Å². The molecule has 0 radical (unpaired) electrons. The maximum Gasteiger partial charge on any atom is 0.0220 e. The minimum atomic E-state index is 0.621. The third-order valence-corrected chi connectivity index (χ3v) is 4.54. The molecule has 1 N–H and O–H groups in total. The standard InChI is InChI=1S/C15H33N3/c1-6-10-16-15(7-2)13(3)18(5)12-14-9-8-11-17(14)4/h13-16H,6-12H2,1-5H3. The maximum absolute atomic E-state index is 3.68. The minimum Gasteiger partial charge on any atom is -0.312 e. The van der Waals surface area contributed by atoms with Crippen LogP contribution in [0.2, 0.25) is 0 Å². The summed E-state index contributed by atoms with van der Waals surface area (Å²) in [5.41, 5.74) is 0. The van der Waals surface area contributed by atoms with Crippen LogP contribution in [0, 0.1) is 0 Å². The first kappa shape index (κ1) is 15.9. The van der Waals surface area contributed by atoms with E-state index in [0.717, 1.165) is 12.6 Å². The molecule has 0 aromatic heterocycles. The summed E-state index contributed by atoms with van der Waals surface area (Å²) in [6.07, 6.45) is 5.17. The molecule has 0 aliphatic carbocycles. The molecule has 108 valence electrons. The third-order valence-electron chi connectivity index (χ3n) is 4.54. The molecule has 3 unspecified atom stereocenters. The van der Waals surface area contributed by atoms with Crippen molar-refractivity contribution in [3.05, 3.63) is 0 Å². The summed E-state index contributed by atoms with van der Waals surface area (Å²) < 4.78 is 0. The van der Waals surface area contributed by atoms with Crippen molar-refractivity contribution < 1.29 is 0 Å². The lowest BCUT2D eigenvalue weighted by atomic mass is 10.0. The van der Waals surface area contributed by atoms with Crippen molar-refractivity contribution in [1.82, 2.24) is 15.1 Å². The number of rotatable bonds is 8. The van der Waals surface area contributed by atoms with E-state index >= 15 is 0 Å². The Morgan fingerprint density at radius 2 is 2.11 bits per heavy atom. The summed E-state index contributed by atoms with van der Waals surface area (Å²) >= 11 is 0. The van der Waals surface area contributed by atoms with Crippen molar-refractivity contribution in [1.29, 1.82) is 0 Å². The van der Waals surface area contributed by atoms with E-state index < -0.39 is 0 Å². The van der Waals surface area contributed by atoms with Gasteiger partial charge in [-0.25, -0.2) is 0 Å². The van der Waals surface area contributed by atoms with Gasteiger partial charge in [0.2, 0.25) is 0 Å². The fraction of sp³-hybridized carbons (Fsp3) is 1.00. The van der Waals surface area contributed by atoms with Crippen molar-refractivity contribution in [2.24, 2.45) is 0 Å². The van der Waals surface area contributed by atoms with E-state index in [2.05, 4.69) is 50.0 Å². The van der Waals surface area contributed by atoms with Crippen LogP contribution < -0.4 is 5.32 Å². The predicted octanol–water partition coefficient (Wildman–Crippen LogP) is 2.18. The van der Waals surface area contributed by atoms with Gasteiger partial charge in [0.15, 0.2) is 0 Å². The molecule has 0 aromatic carbocycles. The summed E-state index contributed by atoms with van der Waals surface area (Å²) in [5.74, 6) is 0. The first-order chi connectivity index (χ1) is 8.60. The smallest absolute Gasteiger partial charge is 0.0220 e. The molecular formula is C15H33N3. The molecule has 3 atom stereocenters. The predicted molar refractivity (Wildman–Crippen MR) is 80.1 cm³/mol. The fourth-order valence-corrected chi connectivity index (χ4v) is 3.00. The zero-order chi connectivity index (χ0) is 13.5. The molecule has 18 heavy (non-hydrogen) atoms. The van der Waals surface area contributed by atoms with Gasteiger partial charge >= 0.3 is 0 Å². The normalized spacial score (nSPS) is 24.7. The van der Waals surface area contributed by atoms with E-state index in [9.17, 15) is 0 Å². The number of likely N-dealkylation sites (tertiary alicyclic amines) is 1. The van der Waals surface area contributed by atoms with Crippen molar-refractivity contribution >= 4 is 0 Å².